The van der Waals surface area contributed by atoms with Gasteiger partial charge in [-0.3, -0.25) is 0 Å². The van der Waals surface area contributed by atoms with E-state index in [4.69, 9.17) is 5.11 Å². The summed E-state index contributed by atoms with van der Waals surface area (Å²) >= 11 is 0. The van der Waals surface area contributed by atoms with Gasteiger partial charge in [0.15, 0.2) is 0 Å². The molecule has 0 aliphatic carbocycles. The van der Waals surface area contributed by atoms with Gasteiger partial charge in [-0.05, 0) is 49.1 Å². The molecule has 0 fully saturated rings. The predicted octanol–water partition coefficient (Wildman–Crippen LogP) is 4.88. The number of aromatic nitrogens is 1. The Kier molecular flexibility index (Phi) is 4.84. The first kappa shape index (κ1) is 15.4. The van der Waals surface area contributed by atoms with Crippen LogP contribution in [0.3, 0.4) is 0 Å². The smallest absolute Gasteiger partial charge is 0.328 e. The number of nitrogens with zero attached hydrogens (tertiary/aromatic N) is 1. The Balaban J connectivity index is 2.41. The van der Waals surface area contributed by atoms with Crippen LogP contribution in [0.2, 0.25) is 0 Å². The van der Waals surface area contributed by atoms with Crippen molar-refractivity contribution >= 4 is 22.4 Å². The zero-order chi connectivity index (χ0) is 15.4. The van der Waals surface area contributed by atoms with Crippen LogP contribution in [-0.2, 0) is 4.79 Å². The third kappa shape index (κ3) is 3.35. The third-order valence-electron chi connectivity index (χ3n) is 4.00. The van der Waals surface area contributed by atoms with E-state index in [0.29, 0.717) is 6.04 Å². The molecule has 0 bridgehead atoms. The molecule has 1 heterocycles. The zero-order valence-corrected chi connectivity index (χ0v) is 13.0. The Bertz CT molecular complexity index is 667. The molecule has 0 radical (unpaired) electrons. The molecule has 2 rings (SSSR count). The lowest BCUT2D eigenvalue weighted by Gasteiger charge is -2.17. The molecule has 3 heteroatoms. The van der Waals surface area contributed by atoms with Crippen molar-refractivity contribution in [1.82, 2.24) is 4.57 Å². The summed E-state index contributed by atoms with van der Waals surface area (Å²) in [5, 5.41) is 10.0. The molecule has 0 amide bonds. The van der Waals surface area contributed by atoms with E-state index in [2.05, 4.69) is 42.8 Å². The average Bonchev–Trinajstić information content (AvgIpc) is 2.87. The average molecular weight is 285 g/mol. The van der Waals surface area contributed by atoms with Crippen molar-refractivity contribution in [2.24, 2.45) is 0 Å². The van der Waals surface area contributed by atoms with Gasteiger partial charge >= 0.3 is 5.97 Å². The summed E-state index contributed by atoms with van der Waals surface area (Å²) < 4.78 is 2.35. The SMILES string of the molecule is CCCC(CC)n1ccc2cc(/C(C)=C/C(=O)O)ccc21. The maximum absolute atomic E-state index is 10.8. The van der Waals surface area contributed by atoms with Crippen LogP contribution in [-0.4, -0.2) is 15.6 Å². The minimum absolute atomic E-state index is 0.536. The molecular formula is C18H23NO2. The number of benzene rings is 1. The molecule has 0 saturated heterocycles. The third-order valence-corrected chi connectivity index (χ3v) is 4.00. The van der Waals surface area contributed by atoms with Gasteiger partial charge in [-0.25, -0.2) is 4.79 Å². The van der Waals surface area contributed by atoms with E-state index >= 15 is 0 Å². The molecule has 2 aromatic rings. The molecule has 1 atom stereocenters. The standard InChI is InChI=1S/C18H23NO2/c1-4-6-16(5-2)19-10-9-15-12-14(7-8-17(15)19)13(3)11-18(20)21/h7-12,16H,4-6H2,1-3H3,(H,20,21)/b13-11+. The van der Waals surface area contributed by atoms with Gasteiger partial charge < -0.3 is 9.67 Å². The number of carboxylic acid groups (broad SMARTS) is 1. The highest BCUT2D eigenvalue weighted by molar-refractivity contribution is 5.91. The Morgan fingerprint density at radius 3 is 2.71 bits per heavy atom. The first-order chi connectivity index (χ1) is 10.1. The van der Waals surface area contributed by atoms with E-state index in [1.807, 2.05) is 13.0 Å². The van der Waals surface area contributed by atoms with Gasteiger partial charge in [-0.1, -0.05) is 26.3 Å². The summed E-state index contributed by atoms with van der Waals surface area (Å²) in [6, 6.07) is 8.83. The Hall–Kier alpha value is -2.03. The summed E-state index contributed by atoms with van der Waals surface area (Å²) in [5.41, 5.74) is 2.96. The summed E-state index contributed by atoms with van der Waals surface area (Å²) in [4.78, 5) is 10.8. The molecule has 1 unspecified atom stereocenters. The van der Waals surface area contributed by atoms with Gasteiger partial charge in [0.1, 0.15) is 0 Å². The molecule has 1 N–H and O–H groups in total. The van der Waals surface area contributed by atoms with Crippen LogP contribution in [0.5, 0.6) is 0 Å². The van der Waals surface area contributed by atoms with Gasteiger partial charge in [0.25, 0.3) is 0 Å². The highest BCUT2D eigenvalue weighted by atomic mass is 16.4. The number of carboxylic acids is 1. The fourth-order valence-corrected chi connectivity index (χ4v) is 2.87. The van der Waals surface area contributed by atoms with Gasteiger partial charge in [0, 0.05) is 29.2 Å². The van der Waals surface area contributed by atoms with E-state index in [0.717, 1.165) is 17.6 Å². The largest absolute Gasteiger partial charge is 0.478 e. The molecule has 0 aliphatic heterocycles. The molecule has 0 saturated carbocycles. The minimum atomic E-state index is -0.904. The molecule has 112 valence electrons. The number of allylic oxidation sites excluding steroid dienone is 1. The second-order valence-electron chi connectivity index (χ2n) is 5.51. The van der Waals surface area contributed by atoms with Gasteiger partial charge in [-0.15, -0.1) is 0 Å². The first-order valence-electron chi connectivity index (χ1n) is 7.59. The Morgan fingerprint density at radius 1 is 1.33 bits per heavy atom. The quantitative estimate of drug-likeness (QED) is 0.768. The van der Waals surface area contributed by atoms with E-state index in [1.54, 1.807) is 0 Å². The van der Waals surface area contributed by atoms with Crippen molar-refractivity contribution in [3.05, 3.63) is 42.1 Å². The second kappa shape index (κ2) is 6.61. The maximum Gasteiger partial charge on any atom is 0.328 e. The van der Waals surface area contributed by atoms with E-state index in [-0.39, 0.29) is 0 Å². The lowest BCUT2D eigenvalue weighted by atomic mass is 10.0. The lowest BCUT2D eigenvalue weighted by Crippen LogP contribution is -2.06. The summed E-state index contributed by atoms with van der Waals surface area (Å²) in [6.07, 6.45) is 6.88. The molecule has 1 aromatic carbocycles. The summed E-state index contributed by atoms with van der Waals surface area (Å²) in [7, 11) is 0. The van der Waals surface area contributed by atoms with E-state index < -0.39 is 5.97 Å². The van der Waals surface area contributed by atoms with Crippen molar-refractivity contribution in [2.45, 2.75) is 46.1 Å². The van der Waals surface area contributed by atoms with Gasteiger partial charge in [0.05, 0.1) is 0 Å². The van der Waals surface area contributed by atoms with Crippen LogP contribution < -0.4 is 0 Å². The molecule has 3 nitrogen and oxygen atoms in total. The second-order valence-corrected chi connectivity index (χ2v) is 5.51. The monoisotopic (exact) mass is 285 g/mol. The molecule has 0 aliphatic rings. The van der Waals surface area contributed by atoms with Crippen LogP contribution in [0.4, 0.5) is 0 Å². The number of hydrogen-bond donors (Lipinski definition) is 1. The Morgan fingerprint density at radius 2 is 2.10 bits per heavy atom. The van der Waals surface area contributed by atoms with Crippen molar-refractivity contribution < 1.29 is 9.90 Å². The fraction of sp³-hybridized carbons (Fsp3) is 0.389. The summed E-state index contributed by atoms with van der Waals surface area (Å²) in [6.45, 7) is 6.27. The van der Waals surface area contributed by atoms with Crippen molar-refractivity contribution in [1.29, 1.82) is 0 Å². The zero-order valence-electron chi connectivity index (χ0n) is 13.0. The van der Waals surface area contributed by atoms with Crippen LogP contribution in [0.1, 0.15) is 51.6 Å². The number of fused-ring (bicyclic) bond motifs is 1. The number of rotatable bonds is 6. The van der Waals surface area contributed by atoms with Crippen LogP contribution in [0, 0.1) is 0 Å². The summed E-state index contributed by atoms with van der Waals surface area (Å²) in [5.74, 6) is -0.904. The van der Waals surface area contributed by atoms with Crippen LogP contribution in [0.25, 0.3) is 16.5 Å². The van der Waals surface area contributed by atoms with Crippen molar-refractivity contribution in [3.8, 4) is 0 Å². The highest BCUT2D eigenvalue weighted by Crippen LogP contribution is 2.27. The first-order valence-corrected chi connectivity index (χ1v) is 7.59. The molecule has 1 aromatic heterocycles. The maximum atomic E-state index is 10.8. The predicted molar refractivity (Wildman–Crippen MR) is 87.5 cm³/mol. The number of carbonyl (C=O) groups is 1. The van der Waals surface area contributed by atoms with Crippen LogP contribution in [0.15, 0.2) is 36.5 Å². The van der Waals surface area contributed by atoms with E-state index in [9.17, 15) is 4.79 Å². The lowest BCUT2D eigenvalue weighted by molar-refractivity contribution is -0.131. The Labute approximate surface area is 125 Å². The normalized spacial score (nSPS) is 13.6. The fourth-order valence-electron chi connectivity index (χ4n) is 2.87. The van der Waals surface area contributed by atoms with E-state index in [1.165, 1.54) is 29.8 Å². The van der Waals surface area contributed by atoms with Crippen molar-refractivity contribution in [2.75, 3.05) is 0 Å². The van der Waals surface area contributed by atoms with Gasteiger partial charge in [0.2, 0.25) is 0 Å². The number of hydrogen-bond acceptors (Lipinski definition) is 1. The van der Waals surface area contributed by atoms with Crippen LogP contribution >= 0.6 is 0 Å². The molecule has 21 heavy (non-hydrogen) atoms. The minimum Gasteiger partial charge on any atom is -0.478 e. The molecular weight excluding hydrogens is 262 g/mol. The van der Waals surface area contributed by atoms with Crippen molar-refractivity contribution in [3.63, 3.8) is 0 Å². The number of aliphatic carboxylic acids is 1. The topological polar surface area (TPSA) is 42.2 Å². The van der Waals surface area contributed by atoms with Gasteiger partial charge in [-0.2, -0.15) is 0 Å². The molecule has 0 spiro atoms. The highest BCUT2D eigenvalue weighted by Gasteiger charge is 2.11.